The van der Waals surface area contributed by atoms with Crippen molar-refractivity contribution >= 4 is 10.0 Å². The molecule has 1 aromatic rings. The molecule has 2 N–H and O–H groups in total. The molecule has 0 amide bonds. The molecule has 2 fully saturated rings. The van der Waals surface area contributed by atoms with Gasteiger partial charge in [-0.15, -0.1) is 0 Å². The lowest BCUT2D eigenvalue weighted by Gasteiger charge is -2.28. The molecule has 0 saturated heterocycles. The molecule has 2 aliphatic rings. The van der Waals surface area contributed by atoms with Crippen LogP contribution in [0.25, 0.3) is 0 Å². The second-order valence-electron chi connectivity index (χ2n) is 6.68. The van der Waals surface area contributed by atoms with Crippen LogP contribution in [0.4, 0.5) is 0 Å². The highest BCUT2D eigenvalue weighted by atomic mass is 32.2. The molecule has 3 rings (SSSR count). The monoisotopic (exact) mass is 312 g/mol. The molecule has 2 bridgehead atoms. The standard InChI is InChI=1S/C15H24N2O3S/c1-10(15-6-11-3-4-12(15)5-11)16-21(19,20)14-7-13(9-18)17(2)8-14/h7-8,10-12,15-16,18H,3-6,9H2,1-2H3. The smallest absolute Gasteiger partial charge is 0.242 e. The molecule has 0 radical (unpaired) electrons. The van der Waals surface area contributed by atoms with Gasteiger partial charge in [0.1, 0.15) is 0 Å². The first-order chi connectivity index (χ1) is 9.90. The Hall–Kier alpha value is -0.850. The zero-order valence-corrected chi connectivity index (χ0v) is 13.4. The molecule has 1 aromatic heterocycles. The fourth-order valence-electron chi connectivity index (χ4n) is 4.19. The van der Waals surface area contributed by atoms with Crippen LogP contribution in [0.1, 0.15) is 38.3 Å². The Balaban J connectivity index is 1.73. The van der Waals surface area contributed by atoms with Gasteiger partial charge in [0, 0.05) is 25.0 Å². The van der Waals surface area contributed by atoms with E-state index < -0.39 is 10.0 Å². The first-order valence-electron chi connectivity index (χ1n) is 7.69. The number of hydrogen-bond donors (Lipinski definition) is 2. The summed E-state index contributed by atoms with van der Waals surface area (Å²) in [6, 6.07) is 1.51. The van der Waals surface area contributed by atoms with E-state index in [1.54, 1.807) is 17.8 Å². The number of nitrogens with one attached hydrogen (secondary N) is 1. The van der Waals surface area contributed by atoms with E-state index in [-0.39, 0.29) is 17.5 Å². The van der Waals surface area contributed by atoms with Gasteiger partial charge in [-0.1, -0.05) is 6.42 Å². The van der Waals surface area contributed by atoms with Crippen LogP contribution in [0.2, 0.25) is 0 Å². The van der Waals surface area contributed by atoms with Crippen molar-refractivity contribution in [2.24, 2.45) is 24.8 Å². The molecule has 5 nitrogen and oxygen atoms in total. The normalized spacial score (nSPS) is 30.0. The quantitative estimate of drug-likeness (QED) is 0.868. The molecule has 21 heavy (non-hydrogen) atoms. The minimum Gasteiger partial charge on any atom is -0.390 e. The summed E-state index contributed by atoms with van der Waals surface area (Å²) in [6.45, 7) is 1.83. The number of aryl methyl sites for hydroxylation is 1. The molecule has 0 aromatic carbocycles. The van der Waals surface area contributed by atoms with Crippen LogP contribution in [-0.4, -0.2) is 24.1 Å². The first-order valence-corrected chi connectivity index (χ1v) is 9.17. The molecular formula is C15H24N2O3S. The topological polar surface area (TPSA) is 71.3 Å². The Kier molecular flexibility index (Phi) is 3.88. The molecular weight excluding hydrogens is 288 g/mol. The van der Waals surface area contributed by atoms with Crippen LogP contribution in [-0.2, 0) is 23.7 Å². The van der Waals surface area contributed by atoms with Gasteiger partial charge < -0.3 is 9.67 Å². The van der Waals surface area contributed by atoms with Gasteiger partial charge in [-0.05, 0) is 50.0 Å². The zero-order chi connectivity index (χ0) is 15.2. The molecule has 0 spiro atoms. The SMILES string of the molecule is CC(NS(=O)(=O)c1cc(CO)n(C)c1)C1CC2CCC1C2. The number of aliphatic hydroxyl groups is 1. The minimum absolute atomic E-state index is 0.0249. The zero-order valence-electron chi connectivity index (χ0n) is 12.6. The lowest BCUT2D eigenvalue weighted by molar-refractivity contribution is 0.272. The van der Waals surface area contributed by atoms with Gasteiger partial charge in [-0.25, -0.2) is 13.1 Å². The van der Waals surface area contributed by atoms with Gasteiger partial charge in [-0.3, -0.25) is 0 Å². The maximum Gasteiger partial charge on any atom is 0.242 e. The summed E-state index contributed by atoms with van der Waals surface area (Å²) >= 11 is 0. The molecule has 1 heterocycles. The van der Waals surface area contributed by atoms with Gasteiger partial charge in [0.25, 0.3) is 0 Å². The van der Waals surface area contributed by atoms with Crippen molar-refractivity contribution in [2.75, 3.05) is 0 Å². The Labute approximate surface area is 126 Å². The Bertz CT molecular complexity index is 623. The summed E-state index contributed by atoms with van der Waals surface area (Å²) < 4.78 is 29.5. The molecule has 2 aliphatic carbocycles. The van der Waals surface area contributed by atoms with E-state index in [9.17, 15) is 13.5 Å². The molecule has 118 valence electrons. The van der Waals surface area contributed by atoms with E-state index in [2.05, 4.69) is 4.72 Å². The van der Waals surface area contributed by atoms with Crippen molar-refractivity contribution in [1.82, 2.24) is 9.29 Å². The van der Waals surface area contributed by atoms with E-state index in [1.165, 1.54) is 25.3 Å². The lowest BCUT2D eigenvalue weighted by atomic mass is 9.84. The van der Waals surface area contributed by atoms with E-state index in [4.69, 9.17) is 0 Å². The number of sulfonamides is 1. The highest BCUT2D eigenvalue weighted by Gasteiger charge is 2.42. The van der Waals surface area contributed by atoms with Gasteiger partial charge in [0.15, 0.2) is 0 Å². The van der Waals surface area contributed by atoms with E-state index >= 15 is 0 Å². The largest absolute Gasteiger partial charge is 0.390 e. The average molecular weight is 312 g/mol. The second kappa shape index (κ2) is 5.41. The summed E-state index contributed by atoms with van der Waals surface area (Å²) in [5.41, 5.74) is 0.600. The van der Waals surface area contributed by atoms with E-state index in [0.29, 0.717) is 17.5 Å². The number of fused-ring (bicyclic) bond motifs is 2. The van der Waals surface area contributed by atoms with E-state index in [1.807, 2.05) is 6.92 Å². The predicted octanol–water partition coefficient (Wildman–Crippen LogP) is 1.62. The maximum absolute atomic E-state index is 12.5. The van der Waals surface area contributed by atoms with Crippen LogP contribution in [0.15, 0.2) is 17.2 Å². The van der Waals surface area contributed by atoms with Crippen LogP contribution in [0, 0.1) is 17.8 Å². The summed E-state index contributed by atoms with van der Waals surface area (Å²) in [7, 11) is -1.77. The number of aromatic nitrogens is 1. The Morgan fingerprint density at radius 1 is 1.43 bits per heavy atom. The summed E-state index contributed by atoms with van der Waals surface area (Å²) in [5.74, 6) is 1.97. The predicted molar refractivity (Wildman–Crippen MR) is 80.1 cm³/mol. The third kappa shape index (κ3) is 2.76. The highest BCUT2D eigenvalue weighted by Crippen LogP contribution is 2.49. The van der Waals surface area contributed by atoms with Crippen LogP contribution in [0.5, 0.6) is 0 Å². The summed E-state index contributed by atoms with van der Waals surface area (Å²) in [6.07, 6.45) is 6.56. The molecule has 0 aliphatic heterocycles. The Morgan fingerprint density at radius 2 is 2.19 bits per heavy atom. The third-order valence-electron chi connectivity index (χ3n) is 5.33. The van der Waals surface area contributed by atoms with Crippen LogP contribution in [0.3, 0.4) is 0 Å². The Morgan fingerprint density at radius 3 is 2.71 bits per heavy atom. The van der Waals surface area contributed by atoms with Crippen LogP contribution >= 0.6 is 0 Å². The van der Waals surface area contributed by atoms with Crippen molar-refractivity contribution in [2.45, 2.75) is 50.2 Å². The highest BCUT2D eigenvalue weighted by molar-refractivity contribution is 7.89. The van der Waals surface area contributed by atoms with Crippen molar-refractivity contribution in [1.29, 1.82) is 0 Å². The minimum atomic E-state index is -3.51. The van der Waals surface area contributed by atoms with E-state index in [0.717, 1.165) is 12.3 Å². The van der Waals surface area contributed by atoms with Crippen molar-refractivity contribution in [3.63, 3.8) is 0 Å². The first kappa shape index (κ1) is 15.1. The summed E-state index contributed by atoms with van der Waals surface area (Å²) in [4.78, 5) is 0.240. The number of hydrogen-bond acceptors (Lipinski definition) is 3. The van der Waals surface area contributed by atoms with Crippen molar-refractivity contribution < 1.29 is 13.5 Å². The van der Waals surface area contributed by atoms with Gasteiger partial charge >= 0.3 is 0 Å². The second-order valence-corrected chi connectivity index (χ2v) is 8.40. The van der Waals surface area contributed by atoms with Crippen LogP contribution < -0.4 is 4.72 Å². The molecule has 4 atom stereocenters. The van der Waals surface area contributed by atoms with Gasteiger partial charge in [0.05, 0.1) is 11.5 Å². The average Bonchev–Trinajstić information content (AvgIpc) is 3.12. The fourth-order valence-corrected chi connectivity index (χ4v) is 5.58. The van der Waals surface area contributed by atoms with Gasteiger partial charge in [-0.2, -0.15) is 0 Å². The summed E-state index contributed by atoms with van der Waals surface area (Å²) in [5, 5.41) is 9.19. The third-order valence-corrected chi connectivity index (χ3v) is 6.86. The maximum atomic E-state index is 12.5. The fraction of sp³-hybridized carbons (Fsp3) is 0.733. The molecule has 4 unspecified atom stereocenters. The molecule has 2 saturated carbocycles. The number of rotatable bonds is 5. The van der Waals surface area contributed by atoms with Gasteiger partial charge in [0.2, 0.25) is 10.0 Å². The van der Waals surface area contributed by atoms with Crippen molar-refractivity contribution in [3.05, 3.63) is 18.0 Å². The lowest BCUT2D eigenvalue weighted by Crippen LogP contribution is -2.39. The number of nitrogens with zero attached hydrogens (tertiary/aromatic N) is 1. The van der Waals surface area contributed by atoms with Crippen molar-refractivity contribution in [3.8, 4) is 0 Å². The molecule has 6 heteroatoms. The number of aliphatic hydroxyl groups excluding tert-OH is 1.